The molecule has 1 aromatic heterocycles. The van der Waals surface area contributed by atoms with Gasteiger partial charge in [-0.2, -0.15) is 4.31 Å². The Hall–Kier alpha value is -2.91. The van der Waals surface area contributed by atoms with Crippen LogP contribution in [0.1, 0.15) is 44.1 Å². The maximum absolute atomic E-state index is 15.8. The fourth-order valence-corrected chi connectivity index (χ4v) is 7.89. The molecule has 2 saturated heterocycles. The first-order valence-electron chi connectivity index (χ1n) is 15.3. The molecule has 15 heteroatoms. The van der Waals surface area contributed by atoms with Crippen LogP contribution in [0, 0.1) is 11.8 Å². The van der Waals surface area contributed by atoms with Crippen LogP contribution in [0.25, 0.3) is 0 Å². The number of sulfonamides is 1. The number of rotatable bonds is 10. The second kappa shape index (κ2) is 13.8. The highest BCUT2D eigenvalue weighted by atomic mass is 35.5. The number of benzene rings is 1. The SMILES string of the molecule is NCC(O)CNC(=O)C1CCC(C(F)(F)c2cc(Cl)nc(N3CCN(S(=O)(=O)c4ccc(N5CCCC5=O)cc4)CC3)c2)CC1. The van der Waals surface area contributed by atoms with Gasteiger partial charge in [-0.25, -0.2) is 22.2 Å². The second-order valence-electron chi connectivity index (χ2n) is 11.9. The minimum absolute atomic E-state index is 0.0166. The molecule has 5 rings (SSSR count). The molecular weight excluding hydrogens is 630 g/mol. The zero-order valence-corrected chi connectivity index (χ0v) is 26.4. The quantitative estimate of drug-likeness (QED) is 0.327. The van der Waals surface area contributed by atoms with Crippen molar-refractivity contribution in [3.8, 4) is 0 Å². The summed E-state index contributed by atoms with van der Waals surface area (Å²) in [6.07, 6.45) is 1.29. The third kappa shape index (κ3) is 7.40. The number of aliphatic hydroxyl groups excluding tert-OH is 1. The summed E-state index contributed by atoms with van der Waals surface area (Å²) in [5, 5.41) is 12.1. The van der Waals surface area contributed by atoms with Crippen LogP contribution in [0.15, 0.2) is 41.3 Å². The molecule has 4 N–H and O–H groups in total. The van der Waals surface area contributed by atoms with Crippen molar-refractivity contribution >= 4 is 44.9 Å². The lowest BCUT2D eigenvalue weighted by atomic mass is 9.77. The molecule has 246 valence electrons. The molecule has 1 aromatic carbocycles. The van der Waals surface area contributed by atoms with E-state index in [1.165, 1.54) is 22.5 Å². The van der Waals surface area contributed by atoms with E-state index in [1.807, 2.05) is 0 Å². The number of alkyl halides is 2. The lowest BCUT2D eigenvalue weighted by Crippen LogP contribution is -2.49. The van der Waals surface area contributed by atoms with Gasteiger partial charge in [-0.15, -0.1) is 0 Å². The number of aromatic nitrogens is 1. The Labute approximate surface area is 266 Å². The van der Waals surface area contributed by atoms with Crippen LogP contribution in [0.4, 0.5) is 20.3 Å². The summed E-state index contributed by atoms with van der Waals surface area (Å²) in [5.41, 5.74) is 5.76. The van der Waals surface area contributed by atoms with Crippen molar-refractivity contribution < 1.29 is 31.9 Å². The average Bonchev–Trinajstić information content (AvgIpc) is 3.48. The van der Waals surface area contributed by atoms with E-state index in [-0.39, 0.29) is 85.4 Å². The van der Waals surface area contributed by atoms with Crippen LogP contribution in [0.2, 0.25) is 5.15 Å². The van der Waals surface area contributed by atoms with Gasteiger partial charge in [0.15, 0.2) is 0 Å². The number of hydrogen-bond acceptors (Lipinski definition) is 8. The molecular formula is C30H39ClF2N6O5S. The standard InChI is InChI=1S/C30H39ClF2N6O5S/c31-26-16-22(30(32,33)21-5-3-20(4-6-21)29(42)35-19-24(40)18-34)17-27(36-26)37-12-14-38(15-13-37)45(43,44)25-9-7-23(8-10-25)39-11-1-2-28(39)41/h7-10,16-17,20-21,24,40H,1-6,11-15,18-19,34H2,(H,35,42). The molecule has 0 bridgehead atoms. The number of aliphatic hydroxyl groups is 1. The summed E-state index contributed by atoms with van der Waals surface area (Å²) in [6.45, 7) is 1.38. The Morgan fingerprint density at radius 1 is 1.09 bits per heavy atom. The van der Waals surface area contributed by atoms with Crippen LogP contribution in [-0.4, -0.2) is 86.5 Å². The van der Waals surface area contributed by atoms with Crippen molar-refractivity contribution in [2.75, 3.05) is 55.6 Å². The van der Waals surface area contributed by atoms with Crippen LogP contribution >= 0.6 is 11.6 Å². The maximum Gasteiger partial charge on any atom is 0.276 e. The van der Waals surface area contributed by atoms with Crippen molar-refractivity contribution in [2.24, 2.45) is 17.6 Å². The molecule has 2 aliphatic heterocycles. The molecule has 2 aromatic rings. The summed E-state index contributed by atoms with van der Waals surface area (Å²) in [6, 6.07) is 8.77. The fourth-order valence-electron chi connectivity index (χ4n) is 6.26. The van der Waals surface area contributed by atoms with Crippen LogP contribution in [0.3, 0.4) is 0 Å². The largest absolute Gasteiger partial charge is 0.390 e. The lowest BCUT2D eigenvalue weighted by molar-refractivity contribution is -0.129. The lowest BCUT2D eigenvalue weighted by Gasteiger charge is -2.36. The third-order valence-electron chi connectivity index (χ3n) is 8.98. The molecule has 11 nitrogen and oxygen atoms in total. The van der Waals surface area contributed by atoms with Gasteiger partial charge in [0.25, 0.3) is 5.92 Å². The highest BCUT2D eigenvalue weighted by Crippen LogP contribution is 2.46. The van der Waals surface area contributed by atoms with E-state index in [9.17, 15) is 23.1 Å². The molecule has 1 atom stereocenters. The van der Waals surface area contributed by atoms with Crippen molar-refractivity contribution in [1.29, 1.82) is 0 Å². The monoisotopic (exact) mass is 668 g/mol. The number of anilines is 2. The molecule has 45 heavy (non-hydrogen) atoms. The fraction of sp³-hybridized carbons (Fsp3) is 0.567. The van der Waals surface area contributed by atoms with Crippen LogP contribution in [-0.2, 0) is 25.5 Å². The summed E-state index contributed by atoms with van der Waals surface area (Å²) in [7, 11) is -3.81. The predicted octanol–water partition coefficient (Wildman–Crippen LogP) is 2.71. The Bertz CT molecular complexity index is 1480. The normalized spacial score (nSPS) is 22.5. The molecule has 3 fully saturated rings. The van der Waals surface area contributed by atoms with E-state index < -0.39 is 33.9 Å². The van der Waals surface area contributed by atoms with E-state index in [2.05, 4.69) is 10.3 Å². The van der Waals surface area contributed by atoms with Gasteiger partial charge in [0.2, 0.25) is 21.8 Å². The zero-order chi connectivity index (χ0) is 32.4. The molecule has 1 unspecified atom stereocenters. The van der Waals surface area contributed by atoms with Gasteiger partial charge in [-0.05, 0) is 68.5 Å². The Morgan fingerprint density at radius 3 is 2.36 bits per heavy atom. The van der Waals surface area contributed by atoms with E-state index in [0.29, 0.717) is 31.5 Å². The zero-order valence-electron chi connectivity index (χ0n) is 24.9. The summed E-state index contributed by atoms with van der Waals surface area (Å²) >= 11 is 6.22. The minimum atomic E-state index is -3.81. The van der Waals surface area contributed by atoms with Gasteiger partial charge >= 0.3 is 0 Å². The van der Waals surface area contributed by atoms with E-state index in [1.54, 1.807) is 21.9 Å². The average molecular weight is 669 g/mol. The predicted molar refractivity (Wildman–Crippen MR) is 166 cm³/mol. The van der Waals surface area contributed by atoms with E-state index >= 15 is 8.78 Å². The van der Waals surface area contributed by atoms with Gasteiger partial charge in [0.1, 0.15) is 11.0 Å². The molecule has 1 aliphatic carbocycles. The number of carbonyl (C=O) groups is 2. The molecule has 3 aliphatic rings. The Balaban J connectivity index is 1.20. The Morgan fingerprint density at radius 2 is 1.76 bits per heavy atom. The number of nitrogens with zero attached hydrogens (tertiary/aromatic N) is 4. The number of nitrogens with one attached hydrogen (secondary N) is 1. The topological polar surface area (TPSA) is 149 Å². The van der Waals surface area contributed by atoms with E-state index in [4.69, 9.17) is 17.3 Å². The van der Waals surface area contributed by atoms with Crippen molar-refractivity contribution in [2.45, 2.75) is 55.4 Å². The highest BCUT2D eigenvalue weighted by Gasteiger charge is 2.44. The maximum atomic E-state index is 15.8. The number of carbonyl (C=O) groups excluding carboxylic acids is 2. The Kier molecular flexibility index (Phi) is 10.3. The van der Waals surface area contributed by atoms with Crippen LogP contribution < -0.4 is 20.9 Å². The van der Waals surface area contributed by atoms with Gasteiger partial charge in [0, 0.05) is 75.3 Å². The number of hydrogen-bond donors (Lipinski definition) is 3. The number of halogens is 3. The second-order valence-corrected chi connectivity index (χ2v) is 14.2. The summed E-state index contributed by atoms with van der Waals surface area (Å²) < 4.78 is 59.6. The first-order chi connectivity index (χ1) is 21.4. The smallest absolute Gasteiger partial charge is 0.276 e. The molecule has 3 heterocycles. The summed E-state index contributed by atoms with van der Waals surface area (Å²) in [4.78, 5) is 32.2. The first-order valence-corrected chi connectivity index (χ1v) is 17.1. The van der Waals surface area contributed by atoms with Crippen molar-refractivity contribution in [3.63, 3.8) is 0 Å². The number of amides is 2. The van der Waals surface area contributed by atoms with E-state index in [0.717, 1.165) is 12.5 Å². The highest BCUT2D eigenvalue weighted by molar-refractivity contribution is 7.89. The first kappa shape index (κ1) is 33.5. The number of piperazine rings is 1. The van der Waals surface area contributed by atoms with Crippen molar-refractivity contribution in [3.05, 3.63) is 47.1 Å². The molecule has 2 amide bonds. The number of pyridine rings is 1. The van der Waals surface area contributed by atoms with Crippen LogP contribution in [0.5, 0.6) is 0 Å². The minimum Gasteiger partial charge on any atom is -0.390 e. The molecule has 0 radical (unpaired) electrons. The van der Waals surface area contributed by atoms with Gasteiger partial charge < -0.3 is 26.0 Å². The van der Waals surface area contributed by atoms with Gasteiger partial charge in [0.05, 0.1) is 11.0 Å². The van der Waals surface area contributed by atoms with Gasteiger partial charge in [-0.1, -0.05) is 11.6 Å². The number of nitrogens with two attached hydrogens (primary N) is 1. The van der Waals surface area contributed by atoms with Crippen molar-refractivity contribution in [1.82, 2.24) is 14.6 Å². The van der Waals surface area contributed by atoms with Gasteiger partial charge in [-0.3, -0.25) is 9.59 Å². The third-order valence-corrected chi connectivity index (χ3v) is 11.1. The molecule has 1 saturated carbocycles. The summed E-state index contributed by atoms with van der Waals surface area (Å²) in [5.74, 6) is -4.60. The molecule has 0 spiro atoms.